The Kier molecular flexibility index (Phi) is 67.2. The zero-order valence-electron chi connectivity index (χ0n) is 60.4. The van der Waals surface area contributed by atoms with Gasteiger partial charge < -0.3 is 33.8 Å². The van der Waals surface area contributed by atoms with E-state index in [0.717, 1.165) is 109 Å². The van der Waals surface area contributed by atoms with E-state index < -0.39 is 97.5 Å². The summed E-state index contributed by atoms with van der Waals surface area (Å²) in [5.41, 5.74) is 0. The van der Waals surface area contributed by atoms with Crippen LogP contribution in [0.1, 0.15) is 374 Å². The lowest BCUT2D eigenvalue weighted by molar-refractivity contribution is -0.161. The summed E-state index contributed by atoms with van der Waals surface area (Å²) in [6, 6.07) is 0. The summed E-state index contributed by atoms with van der Waals surface area (Å²) >= 11 is 0. The Morgan fingerprint density at radius 1 is 0.298 bits per heavy atom. The van der Waals surface area contributed by atoms with Crippen LogP contribution in [0.4, 0.5) is 0 Å². The van der Waals surface area contributed by atoms with Gasteiger partial charge >= 0.3 is 39.5 Å². The average Bonchev–Trinajstić information content (AvgIpc) is 1.67. The predicted molar refractivity (Wildman–Crippen MR) is 381 cm³/mol. The number of aliphatic hydroxyl groups is 1. The van der Waals surface area contributed by atoms with Gasteiger partial charge in [-0.1, -0.05) is 322 Å². The molecule has 0 aromatic heterocycles. The lowest BCUT2D eigenvalue weighted by atomic mass is 10.0. The quantitative estimate of drug-likeness (QED) is 0.0169. The van der Waals surface area contributed by atoms with Gasteiger partial charge in [0.05, 0.1) is 26.4 Å². The van der Waals surface area contributed by atoms with E-state index in [4.69, 9.17) is 37.0 Å². The summed E-state index contributed by atoms with van der Waals surface area (Å²) in [7, 11) is -9.92. The maximum Gasteiger partial charge on any atom is 0.472 e. The summed E-state index contributed by atoms with van der Waals surface area (Å²) < 4.78 is 68.5. The SMILES string of the molecule is CCCCCC/C=C\C=C/CCCCCCCC(=O)OC[C@H](COP(=O)(O)OC[C@@H](O)COP(=O)(O)OC[C@@H](COC(=O)CCCCCCCCCCCCCCC)OC(=O)CCCCCCCCCCCCCCC)OC(=O)CCCCCCCCCCCCCCC. The molecule has 0 saturated heterocycles. The van der Waals surface area contributed by atoms with Gasteiger partial charge in [0.25, 0.3) is 0 Å². The number of ether oxygens (including phenoxy) is 4. The third-order valence-corrected chi connectivity index (χ3v) is 18.9. The van der Waals surface area contributed by atoms with Gasteiger partial charge in [-0.15, -0.1) is 0 Å². The molecule has 554 valence electrons. The molecule has 0 aliphatic rings. The van der Waals surface area contributed by atoms with Gasteiger partial charge in [-0.2, -0.15) is 0 Å². The number of carbonyl (C=O) groups is 4. The highest BCUT2D eigenvalue weighted by Gasteiger charge is 2.30. The Balaban J connectivity index is 5.29. The molecular formula is C75H142O17P2. The highest BCUT2D eigenvalue weighted by atomic mass is 31.2. The first-order chi connectivity index (χ1) is 45.7. The number of aliphatic hydroxyl groups excluding tert-OH is 1. The van der Waals surface area contributed by atoms with Gasteiger partial charge in [-0.05, 0) is 51.4 Å². The molecule has 19 heteroatoms. The third-order valence-electron chi connectivity index (χ3n) is 17.0. The maximum atomic E-state index is 13.1. The molecule has 5 atom stereocenters. The number of rotatable bonds is 74. The van der Waals surface area contributed by atoms with Crippen LogP contribution < -0.4 is 0 Å². The number of phosphoric acid groups is 2. The Morgan fingerprint density at radius 2 is 0.511 bits per heavy atom. The number of phosphoric ester groups is 2. The molecule has 0 aliphatic heterocycles. The molecular weight excluding hydrogens is 1230 g/mol. The van der Waals surface area contributed by atoms with Crippen molar-refractivity contribution in [3.8, 4) is 0 Å². The Hall–Kier alpha value is -2.46. The van der Waals surface area contributed by atoms with Gasteiger partial charge in [0.1, 0.15) is 19.3 Å². The second-order valence-corrected chi connectivity index (χ2v) is 29.3. The van der Waals surface area contributed by atoms with E-state index in [1.54, 1.807) is 0 Å². The first-order valence-electron chi connectivity index (χ1n) is 38.6. The molecule has 17 nitrogen and oxygen atoms in total. The molecule has 0 aromatic carbocycles. The highest BCUT2D eigenvalue weighted by Crippen LogP contribution is 2.45. The zero-order valence-corrected chi connectivity index (χ0v) is 62.2. The molecule has 0 amide bonds. The van der Waals surface area contributed by atoms with Crippen molar-refractivity contribution >= 4 is 39.5 Å². The minimum atomic E-state index is -4.96. The van der Waals surface area contributed by atoms with Crippen molar-refractivity contribution in [2.24, 2.45) is 0 Å². The monoisotopic (exact) mass is 1380 g/mol. The van der Waals surface area contributed by atoms with E-state index >= 15 is 0 Å². The zero-order chi connectivity index (χ0) is 69.0. The number of allylic oxidation sites excluding steroid dienone is 4. The van der Waals surface area contributed by atoms with Crippen LogP contribution in [0.2, 0.25) is 0 Å². The summed E-state index contributed by atoms with van der Waals surface area (Å²) in [5.74, 6) is -2.14. The van der Waals surface area contributed by atoms with E-state index in [0.29, 0.717) is 25.7 Å². The molecule has 2 unspecified atom stereocenters. The van der Waals surface area contributed by atoms with E-state index in [1.807, 2.05) is 0 Å². The molecule has 0 saturated carbocycles. The van der Waals surface area contributed by atoms with Crippen LogP contribution >= 0.6 is 15.6 Å². The van der Waals surface area contributed by atoms with Crippen LogP contribution in [-0.4, -0.2) is 96.7 Å². The molecule has 0 aromatic rings. The van der Waals surface area contributed by atoms with Crippen LogP contribution in [0.5, 0.6) is 0 Å². The summed E-state index contributed by atoms with van der Waals surface area (Å²) in [6.07, 6.45) is 61.6. The summed E-state index contributed by atoms with van der Waals surface area (Å²) in [5, 5.41) is 10.6. The predicted octanol–water partition coefficient (Wildman–Crippen LogP) is 21.8. The van der Waals surface area contributed by atoms with E-state index in [-0.39, 0.29) is 25.7 Å². The molecule has 0 aliphatic carbocycles. The third kappa shape index (κ3) is 68.1. The number of carbonyl (C=O) groups excluding carboxylic acids is 4. The fourth-order valence-corrected chi connectivity index (χ4v) is 12.6. The fourth-order valence-electron chi connectivity index (χ4n) is 11.0. The minimum absolute atomic E-state index is 0.101. The molecule has 0 radical (unpaired) electrons. The second kappa shape index (κ2) is 69.0. The molecule has 94 heavy (non-hydrogen) atoms. The van der Waals surface area contributed by atoms with Crippen LogP contribution in [0.25, 0.3) is 0 Å². The van der Waals surface area contributed by atoms with Crippen molar-refractivity contribution < 1.29 is 80.2 Å². The Labute approximate surface area is 573 Å². The number of esters is 4. The normalized spacial score (nSPS) is 14.1. The number of unbranched alkanes of at least 4 members (excludes halogenated alkanes) is 45. The number of hydrogen-bond acceptors (Lipinski definition) is 15. The standard InChI is InChI=1S/C75H142O17P2/c1-5-9-13-17-21-25-29-33-34-38-40-44-48-52-56-60-73(78)86-66-71(92-75(80)62-58-54-50-46-42-37-32-28-24-20-16-12-8-4)68-90-94(83,84)88-64-69(76)63-87-93(81,82)89-67-70(91-74(79)61-57-53-49-45-41-36-31-27-23-19-15-11-7-3)65-85-72(77)59-55-51-47-43-39-35-30-26-22-18-14-10-6-2/h25,29,33-34,69-71,76H,5-24,26-28,30-32,35-68H2,1-4H3,(H,81,82)(H,83,84)/b29-25-,34-33-/t69-,70+,71+/m0/s1. The van der Waals surface area contributed by atoms with Crippen molar-refractivity contribution in [2.75, 3.05) is 39.6 Å². The maximum absolute atomic E-state index is 13.1. The first kappa shape index (κ1) is 91.5. The second-order valence-electron chi connectivity index (χ2n) is 26.4. The summed E-state index contributed by atoms with van der Waals surface area (Å²) in [6.45, 7) is 4.92. The van der Waals surface area contributed by atoms with Crippen molar-refractivity contribution in [2.45, 2.75) is 393 Å². The van der Waals surface area contributed by atoms with Crippen LogP contribution in [-0.2, 0) is 65.4 Å². The van der Waals surface area contributed by atoms with Crippen molar-refractivity contribution in [3.63, 3.8) is 0 Å². The largest absolute Gasteiger partial charge is 0.472 e. The minimum Gasteiger partial charge on any atom is -0.462 e. The van der Waals surface area contributed by atoms with E-state index in [1.165, 1.54) is 186 Å². The molecule has 0 bridgehead atoms. The molecule has 0 fully saturated rings. The topological polar surface area (TPSA) is 237 Å². The molecule has 0 heterocycles. The Bertz CT molecular complexity index is 1880. The average molecular weight is 1380 g/mol. The van der Waals surface area contributed by atoms with Crippen LogP contribution in [0.15, 0.2) is 24.3 Å². The van der Waals surface area contributed by atoms with Crippen molar-refractivity contribution in [1.82, 2.24) is 0 Å². The van der Waals surface area contributed by atoms with Crippen LogP contribution in [0, 0.1) is 0 Å². The van der Waals surface area contributed by atoms with Gasteiger partial charge in [-0.25, -0.2) is 9.13 Å². The van der Waals surface area contributed by atoms with Gasteiger partial charge in [0.15, 0.2) is 12.2 Å². The lowest BCUT2D eigenvalue weighted by Crippen LogP contribution is -2.30. The fraction of sp³-hybridized carbons (Fsp3) is 0.893. The van der Waals surface area contributed by atoms with Crippen LogP contribution in [0.3, 0.4) is 0 Å². The molecule has 3 N–H and O–H groups in total. The van der Waals surface area contributed by atoms with Crippen molar-refractivity contribution in [1.29, 1.82) is 0 Å². The first-order valence-corrected chi connectivity index (χ1v) is 41.6. The Morgan fingerprint density at radius 3 is 0.777 bits per heavy atom. The molecule has 0 spiro atoms. The number of hydrogen-bond donors (Lipinski definition) is 3. The van der Waals surface area contributed by atoms with Gasteiger partial charge in [0, 0.05) is 25.7 Å². The van der Waals surface area contributed by atoms with E-state index in [9.17, 15) is 43.2 Å². The lowest BCUT2D eigenvalue weighted by Gasteiger charge is -2.21. The van der Waals surface area contributed by atoms with Gasteiger partial charge in [0.2, 0.25) is 0 Å². The summed E-state index contributed by atoms with van der Waals surface area (Å²) in [4.78, 5) is 72.8. The van der Waals surface area contributed by atoms with E-state index in [2.05, 4.69) is 52.0 Å². The van der Waals surface area contributed by atoms with Crippen molar-refractivity contribution in [3.05, 3.63) is 24.3 Å². The smallest absolute Gasteiger partial charge is 0.462 e. The highest BCUT2D eigenvalue weighted by molar-refractivity contribution is 7.47. The molecule has 0 rings (SSSR count). The van der Waals surface area contributed by atoms with Gasteiger partial charge in [-0.3, -0.25) is 37.3 Å².